The van der Waals surface area contributed by atoms with Crippen LogP contribution >= 0.6 is 0 Å². The van der Waals surface area contributed by atoms with E-state index in [-0.39, 0.29) is 5.56 Å². The summed E-state index contributed by atoms with van der Waals surface area (Å²) in [6.45, 7) is 0. The highest BCUT2D eigenvalue weighted by Crippen LogP contribution is 2.27. The monoisotopic (exact) mass is 374 g/mol. The maximum absolute atomic E-state index is 12.8. The summed E-state index contributed by atoms with van der Waals surface area (Å²) in [5.74, 6) is -2.19. The fourth-order valence-electron chi connectivity index (χ4n) is 2.82. The van der Waals surface area contributed by atoms with Gasteiger partial charge in [-0.05, 0) is 41.5 Å². The summed E-state index contributed by atoms with van der Waals surface area (Å²) in [6.07, 6.45) is 0. The number of aromatic carboxylic acids is 1. The molecule has 140 valence electrons. The lowest BCUT2D eigenvalue weighted by Gasteiger charge is -2.14. The average molecular weight is 374 g/mol. The molecule has 0 heterocycles. The number of nitrogens with one attached hydrogen (secondary N) is 1. The molecule has 0 radical (unpaired) electrons. The van der Waals surface area contributed by atoms with Crippen molar-refractivity contribution in [2.24, 2.45) is 0 Å². The highest BCUT2D eigenvalue weighted by Gasteiger charge is 2.15. The fourth-order valence-corrected chi connectivity index (χ4v) is 2.82. The molecule has 0 aliphatic heterocycles. The van der Waals surface area contributed by atoms with Gasteiger partial charge in [0, 0.05) is 16.8 Å². The quantitative estimate of drug-likeness (QED) is 0.693. The number of hydrogen-bond donors (Lipinski definition) is 1. The molecule has 1 amide bonds. The third-order valence-corrected chi connectivity index (χ3v) is 4.17. The first kappa shape index (κ1) is 18.8. The normalized spacial score (nSPS) is 10.2. The summed E-state index contributed by atoms with van der Waals surface area (Å²) in [6, 6.07) is 19.3. The van der Waals surface area contributed by atoms with E-state index in [2.05, 4.69) is 10.1 Å². The van der Waals surface area contributed by atoms with Crippen LogP contribution in [-0.4, -0.2) is 25.0 Å². The zero-order valence-electron chi connectivity index (χ0n) is 15.0. The van der Waals surface area contributed by atoms with Crippen LogP contribution in [0.5, 0.6) is 0 Å². The first-order chi connectivity index (χ1) is 13.5. The minimum absolute atomic E-state index is 0.00480. The summed E-state index contributed by atoms with van der Waals surface area (Å²) < 4.78 is 4.64. The molecule has 6 heteroatoms. The van der Waals surface area contributed by atoms with Gasteiger partial charge in [0.2, 0.25) is 0 Å². The van der Waals surface area contributed by atoms with Gasteiger partial charge in [-0.15, -0.1) is 0 Å². The lowest BCUT2D eigenvalue weighted by molar-refractivity contribution is -0.254. The number of anilines is 1. The van der Waals surface area contributed by atoms with E-state index in [1.165, 1.54) is 13.2 Å². The number of carbonyl (C=O) groups excluding carboxylic acids is 3. The minimum atomic E-state index is -1.32. The van der Waals surface area contributed by atoms with Crippen molar-refractivity contribution in [2.45, 2.75) is 0 Å². The van der Waals surface area contributed by atoms with Gasteiger partial charge in [0.15, 0.2) is 0 Å². The zero-order chi connectivity index (χ0) is 20.1. The van der Waals surface area contributed by atoms with Crippen LogP contribution in [0.15, 0.2) is 72.8 Å². The number of ether oxygens (including phenoxy) is 1. The smallest absolute Gasteiger partial charge is 0.337 e. The second kappa shape index (κ2) is 8.18. The number of amides is 1. The van der Waals surface area contributed by atoms with Crippen molar-refractivity contribution in [1.29, 1.82) is 0 Å². The van der Waals surface area contributed by atoms with Crippen molar-refractivity contribution in [2.75, 3.05) is 12.4 Å². The van der Waals surface area contributed by atoms with Crippen LogP contribution in [0, 0.1) is 0 Å². The first-order valence-corrected chi connectivity index (χ1v) is 8.40. The first-order valence-electron chi connectivity index (χ1n) is 8.40. The highest BCUT2D eigenvalue weighted by molar-refractivity contribution is 6.10. The fraction of sp³-hybridized carbons (Fsp3) is 0.0455. The van der Waals surface area contributed by atoms with Gasteiger partial charge in [0.1, 0.15) is 0 Å². The lowest BCUT2D eigenvalue weighted by Crippen LogP contribution is -2.23. The lowest BCUT2D eigenvalue weighted by atomic mass is 9.95. The molecule has 0 aliphatic rings. The Morgan fingerprint density at radius 1 is 0.786 bits per heavy atom. The number of carbonyl (C=O) groups is 3. The number of methoxy groups -OCH3 is 1. The molecular formula is C22H16NO5-. The molecule has 0 aliphatic carbocycles. The number of carboxylic acid groups (broad SMARTS) is 1. The maximum atomic E-state index is 12.8. The summed E-state index contributed by atoms with van der Waals surface area (Å²) >= 11 is 0. The molecule has 3 rings (SSSR count). The van der Waals surface area contributed by atoms with Crippen molar-refractivity contribution in [3.63, 3.8) is 0 Å². The van der Waals surface area contributed by atoms with E-state index in [0.717, 1.165) is 0 Å². The molecule has 0 unspecified atom stereocenters. The van der Waals surface area contributed by atoms with E-state index < -0.39 is 17.8 Å². The van der Waals surface area contributed by atoms with E-state index >= 15 is 0 Å². The van der Waals surface area contributed by atoms with Crippen molar-refractivity contribution in [1.82, 2.24) is 0 Å². The molecule has 3 aromatic rings. The molecule has 0 saturated heterocycles. The van der Waals surface area contributed by atoms with Crippen LogP contribution in [0.2, 0.25) is 0 Å². The molecular weight excluding hydrogens is 358 g/mol. The van der Waals surface area contributed by atoms with Gasteiger partial charge in [0.05, 0.1) is 18.6 Å². The largest absolute Gasteiger partial charge is 0.545 e. The van der Waals surface area contributed by atoms with Crippen molar-refractivity contribution < 1.29 is 24.2 Å². The molecule has 0 fully saturated rings. The summed E-state index contributed by atoms with van der Waals surface area (Å²) in [5.41, 5.74) is 2.04. The van der Waals surface area contributed by atoms with Crippen molar-refractivity contribution >= 4 is 23.5 Å². The molecule has 0 bridgehead atoms. The van der Waals surface area contributed by atoms with Crippen LogP contribution in [0.3, 0.4) is 0 Å². The summed E-state index contributed by atoms with van der Waals surface area (Å²) in [7, 11) is 1.29. The van der Waals surface area contributed by atoms with Crippen LogP contribution in [0.25, 0.3) is 11.1 Å². The van der Waals surface area contributed by atoms with Crippen molar-refractivity contribution in [3.05, 3.63) is 89.5 Å². The van der Waals surface area contributed by atoms with Gasteiger partial charge >= 0.3 is 5.97 Å². The Labute approximate surface area is 161 Å². The SMILES string of the molecule is COC(=O)c1ccc(NC(=O)c2ccccc2-c2ccccc2C(=O)[O-])cc1. The molecule has 28 heavy (non-hydrogen) atoms. The number of hydrogen-bond acceptors (Lipinski definition) is 5. The summed E-state index contributed by atoms with van der Waals surface area (Å²) in [4.78, 5) is 35.7. The third-order valence-electron chi connectivity index (χ3n) is 4.17. The molecule has 0 saturated carbocycles. The van der Waals surface area contributed by atoms with Gasteiger partial charge in [-0.2, -0.15) is 0 Å². The van der Waals surface area contributed by atoms with E-state index in [0.29, 0.717) is 27.9 Å². The minimum Gasteiger partial charge on any atom is -0.545 e. The number of esters is 1. The predicted octanol–water partition coefficient (Wildman–Crippen LogP) is 2.76. The predicted molar refractivity (Wildman–Crippen MR) is 102 cm³/mol. The van der Waals surface area contributed by atoms with Crippen LogP contribution in [0.1, 0.15) is 31.1 Å². The Bertz CT molecular complexity index is 1040. The van der Waals surface area contributed by atoms with E-state index in [1.807, 2.05) is 0 Å². The second-order valence-electron chi connectivity index (χ2n) is 5.90. The number of carboxylic acids is 1. The van der Waals surface area contributed by atoms with E-state index in [1.54, 1.807) is 66.7 Å². The Hall–Kier alpha value is -3.93. The van der Waals surface area contributed by atoms with Gasteiger partial charge in [-0.25, -0.2) is 4.79 Å². The van der Waals surface area contributed by atoms with Gasteiger partial charge in [0.25, 0.3) is 5.91 Å². The molecule has 1 N–H and O–H groups in total. The second-order valence-corrected chi connectivity index (χ2v) is 5.90. The Morgan fingerprint density at radius 2 is 1.32 bits per heavy atom. The topological polar surface area (TPSA) is 95.5 Å². The van der Waals surface area contributed by atoms with Gasteiger partial charge < -0.3 is 20.0 Å². The Kier molecular flexibility index (Phi) is 5.50. The van der Waals surface area contributed by atoms with Crippen LogP contribution < -0.4 is 10.4 Å². The van der Waals surface area contributed by atoms with Crippen LogP contribution in [0.4, 0.5) is 5.69 Å². The Balaban J connectivity index is 1.92. The van der Waals surface area contributed by atoms with Gasteiger partial charge in [-0.3, -0.25) is 4.79 Å². The highest BCUT2D eigenvalue weighted by atomic mass is 16.5. The van der Waals surface area contributed by atoms with Crippen LogP contribution in [-0.2, 0) is 4.74 Å². The number of benzene rings is 3. The van der Waals surface area contributed by atoms with E-state index in [4.69, 9.17) is 0 Å². The van der Waals surface area contributed by atoms with Crippen molar-refractivity contribution in [3.8, 4) is 11.1 Å². The molecule has 6 nitrogen and oxygen atoms in total. The zero-order valence-corrected chi connectivity index (χ0v) is 15.0. The Morgan fingerprint density at radius 3 is 1.89 bits per heavy atom. The molecule has 0 atom stereocenters. The van der Waals surface area contributed by atoms with E-state index in [9.17, 15) is 19.5 Å². The summed E-state index contributed by atoms with van der Waals surface area (Å²) in [5, 5.41) is 14.2. The number of rotatable bonds is 5. The van der Waals surface area contributed by atoms with Gasteiger partial charge in [-0.1, -0.05) is 42.5 Å². The average Bonchev–Trinajstić information content (AvgIpc) is 2.73. The third kappa shape index (κ3) is 3.91. The molecule has 3 aromatic carbocycles. The standard InChI is InChI=1S/C22H17NO5/c1-28-22(27)14-10-12-15(13-11-14)23-20(24)18-8-4-2-6-16(18)17-7-3-5-9-19(17)21(25)26/h2-13H,1H3,(H,23,24)(H,25,26)/p-1. The maximum Gasteiger partial charge on any atom is 0.337 e. The molecule has 0 spiro atoms. The molecule has 0 aromatic heterocycles.